The average Bonchev–Trinajstić information content (AvgIpc) is 2.41. The van der Waals surface area contributed by atoms with Gasteiger partial charge in [0.2, 0.25) is 0 Å². The summed E-state index contributed by atoms with van der Waals surface area (Å²) in [6.07, 6.45) is 4.50. The lowest BCUT2D eigenvalue weighted by atomic mass is 9.90. The zero-order chi connectivity index (χ0) is 12.3. The molecular formula is C13H22O3. The second-order valence-corrected chi connectivity index (χ2v) is 5.13. The summed E-state index contributed by atoms with van der Waals surface area (Å²) in [6.45, 7) is 8.34. The van der Waals surface area contributed by atoms with Crippen molar-refractivity contribution in [3.63, 3.8) is 0 Å². The molecule has 16 heavy (non-hydrogen) atoms. The Labute approximate surface area is 97.5 Å². The minimum absolute atomic E-state index is 0.358. The topological polar surface area (TPSA) is 46.5 Å². The quantitative estimate of drug-likeness (QED) is 0.591. The number of cyclic esters (lactones) is 1. The summed E-state index contributed by atoms with van der Waals surface area (Å²) < 4.78 is 5.16. The van der Waals surface area contributed by atoms with E-state index in [0.29, 0.717) is 18.3 Å². The van der Waals surface area contributed by atoms with Crippen LogP contribution in [-0.4, -0.2) is 22.8 Å². The number of hydrogen-bond acceptors (Lipinski definition) is 3. The van der Waals surface area contributed by atoms with Crippen molar-refractivity contribution in [1.82, 2.24) is 0 Å². The molecular weight excluding hydrogens is 204 g/mol. The number of allylic oxidation sites excluding steroid dienone is 1. The minimum atomic E-state index is -0.964. The van der Waals surface area contributed by atoms with Gasteiger partial charge in [-0.2, -0.15) is 0 Å². The van der Waals surface area contributed by atoms with Crippen LogP contribution in [-0.2, 0) is 9.53 Å². The summed E-state index contributed by atoms with van der Waals surface area (Å²) in [5, 5.41) is 9.36. The maximum atomic E-state index is 11.1. The third kappa shape index (κ3) is 3.08. The highest BCUT2D eigenvalue weighted by molar-refractivity contribution is 5.77. The summed E-state index contributed by atoms with van der Waals surface area (Å²) in [4.78, 5) is 11.1. The summed E-state index contributed by atoms with van der Waals surface area (Å²) >= 11 is 0. The SMILES string of the molecule is CC[C@H](/C=C/[C@]1(C)C[C@@H](O)C(=O)O1)C(C)C. The molecule has 0 radical (unpaired) electrons. The molecule has 0 aromatic heterocycles. The Balaban J connectivity index is 2.66. The van der Waals surface area contributed by atoms with Gasteiger partial charge in [0, 0.05) is 6.42 Å². The van der Waals surface area contributed by atoms with E-state index >= 15 is 0 Å². The molecule has 3 heteroatoms. The Morgan fingerprint density at radius 3 is 2.62 bits per heavy atom. The largest absolute Gasteiger partial charge is 0.453 e. The summed E-state index contributed by atoms with van der Waals surface area (Å²) in [6, 6.07) is 0. The third-order valence-electron chi connectivity index (χ3n) is 3.23. The van der Waals surface area contributed by atoms with Gasteiger partial charge in [-0.15, -0.1) is 0 Å². The van der Waals surface area contributed by atoms with Crippen LogP contribution in [0.1, 0.15) is 40.5 Å². The standard InChI is InChI=1S/C13H22O3/c1-5-10(9(2)3)6-7-13(4)8-11(14)12(15)16-13/h6-7,9-11,14H,5,8H2,1-4H3/b7-6+/t10-,11-,13-/m1/s1. The fraction of sp³-hybridized carbons (Fsp3) is 0.769. The van der Waals surface area contributed by atoms with E-state index < -0.39 is 17.7 Å². The lowest BCUT2D eigenvalue weighted by Gasteiger charge is -2.20. The number of rotatable bonds is 4. The van der Waals surface area contributed by atoms with E-state index in [2.05, 4.69) is 26.8 Å². The monoisotopic (exact) mass is 226 g/mol. The molecule has 1 aliphatic heterocycles. The lowest BCUT2D eigenvalue weighted by Crippen LogP contribution is -2.21. The highest BCUT2D eigenvalue weighted by Crippen LogP contribution is 2.29. The maximum Gasteiger partial charge on any atom is 0.335 e. The summed E-state index contributed by atoms with van der Waals surface area (Å²) in [7, 11) is 0. The van der Waals surface area contributed by atoms with Crippen molar-refractivity contribution in [2.75, 3.05) is 0 Å². The summed E-state index contributed by atoms with van der Waals surface area (Å²) in [5.74, 6) is 0.560. The van der Waals surface area contributed by atoms with Crippen LogP contribution in [0, 0.1) is 11.8 Å². The van der Waals surface area contributed by atoms with Crippen LogP contribution in [0.25, 0.3) is 0 Å². The molecule has 0 unspecified atom stereocenters. The van der Waals surface area contributed by atoms with Crippen LogP contribution >= 0.6 is 0 Å². The highest BCUT2D eigenvalue weighted by atomic mass is 16.6. The molecule has 3 nitrogen and oxygen atoms in total. The highest BCUT2D eigenvalue weighted by Gasteiger charge is 2.40. The molecule has 0 aromatic rings. The zero-order valence-corrected chi connectivity index (χ0v) is 10.6. The first kappa shape index (κ1) is 13.2. The molecule has 0 saturated carbocycles. The maximum absolute atomic E-state index is 11.1. The first-order valence-electron chi connectivity index (χ1n) is 5.98. The normalized spacial score (nSPS) is 32.4. The molecule has 1 aliphatic rings. The molecule has 1 rings (SSSR count). The van der Waals surface area contributed by atoms with Gasteiger partial charge in [0.05, 0.1) is 0 Å². The molecule has 3 atom stereocenters. The van der Waals surface area contributed by atoms with E-state index in [0.717, 1.165) is 6.42 Å². The van der Waals surface area contributed by atoms with Crippen molar-refractivity contribution in [2.24, 2.45) is 11.8 Å². The van der Waals surface area contributed by atoms with Gasteiger partial charge in [-0.05, 0) is 31.3 Å². The Morgan fingerprint density at radius 2 is 2.25 bits per heavy atom. The number of esters is 1. The van der Waals surface area contributed by atoms with E-state index in [9.17, 15) is 9.90 Å². The first-order valence-corrected chi connectivity index (χ1v) is 5.98. The first-order chi connectivity index (χ1) is 7.38. The molecule has 1 heterocycles. The van der Waals surface area contributed by atoms with Crippen molar-refractivity contribution >= 4 is 5.97 Å². The van der Waals surface area contributed by atoms with E-state index in [1.807, 2.05) is 13.0 Å². The van der Waals surface area contributed by atoms with Crippen molar-refractivity contribution in [3.8, 4) is 0 Å². The molecule has 1 fully saturated rings. The molecule has 0 bridgehead atoms. The van der Waals surface area contributed by atoms with Gasteiger partial charge in [-0.25, -0.2) is 4.79 Å². The average molecular weight is 226 g/mol. The number of carbonyl (C=O) groups is 1. The smallest absolute Gasteiger partial charge is 0.335 e. The second kappa shape index (κ2) is 5.00. The molecule has 1 saturated heterocycles. The van der Waals surface area contributed by atoms with Gasteiger partial charge in [0.1, 0.15) is 5.60 Å². The lowest BCUT2D eigenvalue weighted by molar-refractivity contribution is -0.149. The Morgan fingerprint density at radius 1 is 1.62 bits per heavy atom. The van der Waals surface area contributed by atoms with E-state index in [4.69, 9.17) is 4.74 Å². The van der Waals surface area contributed by atoms with Crippen molar-refractivity contribution < 1.29 is 14.6 Å². The number of ether oxygens (including phenoxy) is 1. The zero-order valence-electron chi connectivity index (χ0n) is 10.6. The number of aliphatic hydroxyl groups is 1. The van der Waals surface area contributed by atoms with Crippen molar-refractivity contribution in [2.45, 2.75) is 52.2 Å². The molecule has 0 amide bonds. The molecule has 92 valence electrons. The van der Waals surface area contributed by atoms with Gasteiger partial charge < -0.3 is 9.84 Å². The molecule has 0 aromatic carbocycles. The van der Waals surface area contributed by atoms with Gasteiger partial charge in [-0.1, -0.05) is 26.8 Å². The van der Waals surface area contributed by atoms with Gasteiger partial charge >= 0.3 is 5.97 Å². The molecule has 0 spiro atoms. The second-order valence-electron chi connectivity index (χ2n) is 5.13. The van der Waals surface area contributed by atoms with Crippen LogP contribution in [0.5, 0.6) is 0 Å². The van der Waals surface area contributed by atoms with E-state index in [1.165, 1.54) is 0 Å². The van der Waals surface area contributed by atoms with Gasteiger partial charge in [0.15, 0.2) is 6.10 Å². The van der Waals surface area contributed by atoms with Gasteiger partial charge in [-0.3, -0.25) is 0 Å². The van der Waals surface area contributed by atoms with Crippen LogP contribution in [0.4, 0.5) is 0 Å². The third-order valence-corrected chi connectivity index (χ3v) is 3.23. The van der Waals surface area contributed by atoms with Crippen LogP contribution in [0.15, 0.2) is 12.2 Å². The van der Waals surface area contributed by atoms with Crippen LogP contribution in [0.2, 0.25) is 0 Å². The van der Waals surface area contributed by atoms with E-state index in [-0.39, 0.29) is 0 Å². The Bertz CT molecular complexity index is 283. The predicted molar refractivity (Wildman–Crippen MR) is 62.9 cm³/mol. The molecule has 1 N–H and O–H groups in total. The Hall–Kier alpha value is -0.830. The minimum Gasteiger partial charge on any atom is -0.453 e. The number of hydrogen-bond donors (Lipinski definition) is 1. The van der Waals surface area contributed by atoms with E-state index in [1.54, 1.807) is 0 Å². The fourth-order valence-corrected chi connectivity index (χ4v) is 2.07. The summed E-state index contributed by atoms with van der Waals surface area (Å²) in [5.41, 5.74) is -0.626. The fourth-order valence-electron chi connectivity index (χ4n) is 2.07. The number of aliphatic hydroxyl groups excluding tert-OH is 1. The van der Waals surface area contributed by atoms with Crippen molar-refractivity contribution in [1.29, 1.82) is 0 Å². The van der Waals surface area contributed by atoms with Crippen LogP contribution < -0.4 is 0 Å². The predicted octanol–water partition coefficient (Wildman–Crippen LogP) is 2.29. The Kier molecular flexibility index (Phi) is 4.14. The van der Waals surface area contributed by atoms with Crippen molar-refractivity contribution in [3.05, 3.63) is 12.2 Å². The number of carbonyl (C=O) groups excluding carboxylic acids is 1. The molecule has 0 aliphatic carbocycles. The van der Waals surface area contributed by atoms with Crippen LogP contribution in [0.3, 0.4) is 0 Å². The van der Waals surface area contributed by atoms with Gasteiger partial charge in [0.25, 0.3) is 0 Å².